The van der Waals surface area contributed by atoms with E-state index < -0.39 is 0 Å². The first-order valence-corrected chi connectivity index (χ1v) is 8.28. The van der Waals surface area contributed by atoms with Gasteiger partial charge < -0.3 is 15.0 Å². The molecule has 1 heterocycles. The Morgan fingerprint density at radius 3 is 2.95 bits per heavy atom. The van der Waals surface area contributed by atoms with Crippen molar-refractivity contribution in [3.8, 4) is 5.75 Å². The van der Waals surface area contributed by atoms with Gasteiger partial charge in [-0.1, -0.05) is 12.1 Å². The van der Waals surface area contributed by atoms with Crippen LogP contribution in [0, 0.1) is 13.8 Å². The molecule has 22 heavy (non-hydrogen) atoms. The molecule has 1 amide bonds. The Bertz CT molecular complexity index is 502. The average molecular weight is 304 g/mol. The lowest BCUT2D eigenvalue weighted by molar-refractivity contribution is -0.134. The lowest BCUT2D eigenvalue weighted by Crippen LogP contribution is -2.52. The number of carbonyl (C=O) groups excluding carboxylic acids is 1. The van der Waals surface area contributed by atoms with Gasteiger partial charge in [-0.25, -0.2) is 0 Å². The van der Waals surface area contributed by atoms with E-state index in [2.05, 4.69) is 44.3 Å². The number of piperazine rings is 1. The van der Waals surface area contributed by atoms with Crippen LogP contribution < -0.4 is 10.1 Å². The van der Waals surface area contributed by atoms with Crippen LogP contribution in [0.5, 0.6) is 5.75 Å². The minimum absolute atomic E-state index is 0.278. The normalized spacial score (nSPS) is 18.3. The molecule has 0 bridgehead atoms. The summed E-state index contributed by atoms with van der Waals surface area (Å²) in [7, 11) is 0. The van der Waals surface area contributed by atoms with Crippen molar-refractivity contribution in [1.82, 2.24) is 10.2 Å². The Balaban J connectivity index is 1.66. The van der Waals surface area contributed by atoms with E-state index in [1.807, 2.05) is 4.90 Å². The Kier molecular flexibility index (Phi) is 6.25. The zero-order valence-electron chi connectivity index (χ0n) is 14.0. The highest BCUT2D eigenvalue weighted by atomic mass is 16.5. The first kappa shape index (κ1) is 16.8. The first-order valence-electron chi connectivity index (χ1n) is 8.28. The van der Waals surface area contributed by atoms with Crippen molar-refractivity contribution in [3.05, 3.63) is 29.3 Å². The highest BCUT2D eigenvalue weighted by Crippen LogP contribution is 2.19. The molecule has 1 unspecified atom stereocenters. The number of rotatable bonds is 6. The molecule has 1 fully saturated rings. The molecular formula is C18H28N2O2. The Hall–Kier alpha value is -1.55. The zero-order valence-corrected chi connectivity index (χ0v) is 14.0. The molecule has 1 saturated heterocycles. The number of hydrogen-bond donors (Lipinski definition) is 1. The summed E-state index contributed by atoms with van der Waals surface area (Å²) >= 11 is 0. The molecule has 0 saturated carbocycles. The number of amides is 1. The van der Waals surface area contributed by atoms with Gasteiger partial charge in [0.1, 0.15) is 5.75 Å². The number of carbonyl (C=O) groups is 1. The van der Waals surface area contributed by atoms with Gasteiger partial charge in [-0.2, -0.15) is 0 Å². The Labute approximate surface area is 133 Å². The topological polar surface area (TPSA) is 41.6 Å². The van der Waals surface area contributed by atoms with Crippen LogP contribution >= 0.6 is 0 Å². The third-order valence-electron chi connectivity index (χ3n) is 4.21. The van der Waals surface area contributed by atoms with Crippen molar-refractivity contribution >= 4 is 5.91 Å². The van der Waals surface area contributed by atoms with E-state index in [-0.39, 0.29) is 5.91 Å². The fourth-order valence-corrected chi connectivity index (χ4v) is 2.78. The monoisotopic (exact) mass is 304 g/mol. The number of aryl methyl sites for hydroxylation is 2. The van der Waals surface area contributed by atoms with Crippen molar-refractivity contribution in [3.63, 3.8) is 0 Å². The molecule has 1 aliphatic rings. The lowest BCUT2D eigenvalue weighted by atomic mass is 10.1. The van der Waals surface area contributed by atoms with Crippen LogP contribution in [0.3, 0.4) is 0 Å². The molecule has 122 valence electrons. The molecule has 4 heteroatoms. The molecular weight excluding hydrogens is 276 g/mol. The second-order valence-corrected chi connectivity index (χ2v) is 6.21. The van der Waals surface area contributed by atoms with E-state index in [1.165, 1.54) is 5.56 Å². The van der Waals surface area contributed by atoms with Gasteiger partial charge >= 0.3 is 0 Å². The summed E-state index contributed by atoms with van der Waals surface area (Å²) in [6.45, 7) is 9.55. The largest absolute Gasteiger partial charge is 0.493 e. The van der Waals surface area contributed by atoms with Gasteiger partial charge in [-0.3, -0.25) is 4.79 Å². The van der Waals surface area contributed by atoms with Crippen molar-refractivity contribution in [1.29, 1.82) is 0 Å². The summed E-state index contributed by atoms with van der Waals surface area (Å²) in [5, 5.41) is 3.31. The van der Waals surface area contributed by atoms with Gasteiger partial charge in [0.05, 0.1) is 6.61 Å². The summed E-state index contributed by atoms with van der Waals surface area (Å²) in [5.41, 5.74) is 2.37. The first-order chi connectivity index (χ1) is 10.6. The zero-order chi connectivity index (χ0) is 15.9. The number of hydrogen-bond acceptors (Lipinski definition) is 3. The van der Waals surface area contributed by atoms with Crippen LogP contribution in [0.1, 0.15) is 37.3 Å². The summed E-state index contributed by atoms with van der Waals surface area (Å²) in [6, 6.07) is 6.56. The van der Waals surface area contributed by atoms with Crippen LogP contribution in [0.2, 0.25) is 0 Å². The second kappa shape index (κ2) is 8.18. The van der Waals surface area contributed by atoms with Crippen LogP contribution in [0.25, 0.3) is 0 Å². The molecule has 1 atom stereocenters. The van der Waals surface area contributed by atoms with Gasteiger partial charge in [0.2, 0.25) is 5.91 Å². The van der Waals surface area contributed by atoms with E-state index in [9.17, 15) is 4.79 Å². The van der Waals surface area contributed by atoms with Gasteiger partial charge in [0.25, 0.3) is 0 Å². The standard InChI is InChI=1S/C18H28N2O2/c1-14-7-8-15(2)17(12-14)22-11-5-4-6-18(21)20-10-9-19-13-16(20)3/h7-8,12,16,19H,4-6,9-11,13H2,1-3H3. The molecule has 0 spiro atoms. The van der Waals surface area contributed by atoms with E-state index in [0.717, 1.165) is 43.8 Å². The minimum atomic E-state index is 0.278. The van der Waals surface area contributed by atoms with Crippen LogP contribution in [0.15, 0.2) is 18.2 Å². The summed E-state index contributed by atoms with van der Waals surface area (Å²) in [6.07, 6.45) is 2.43. The number of unbranched alkanes of at least 4 members (excludes halogenated alkanes) is 1. The van der Waals surface area contributed by atoms with Gasteiger partial charge in [-0.15, -0.1) is 0 Å². The molecule has 1 N–H and O–H groups in total. The fourth-order valence-electron chi connectivity index (χ4n) is 2.78. The van der Waals surface area contributed by atoms with Crippen molar-refractivity contribution in [2.24, 2.45) is 0 Å². The molecule has 1 aromatic rings. The lowest BCUT2D eigenvalue weighted by Gasteiger charge is -2.34. The van der Waals surface area contributed by atoms with Crippen molar-refractivity contribution in [2.75, 3.05) is 26.2 Å². The third kappa shape index (κ3) is 4.73. The van der Waals surface area contributed by atoms with Crippen LogP contribution in [0.4, 0.5) is 0 Å². The smallest absolute Gasteiger partial charge is 0.222 e. The predicted octanol–water partition coefficient (Wildman–Crippen LogP) is 2.67. The third-order valence-corrected chi connectivity index (χ3v) is 4.21. The van der Waals surface area contributed by atoms with Gasteiger partial charge in [-0.05, 0) is 50.8 Å². The maximum absolute atomic E-state index is 12.2. The number of benzene rings is 1. The quantitative estimate of drug-likeness (QED) is 0.822. The summed E-state index contributed by atoms with van der Waals surface area (Å²) in [4.78, 5) is 14.2. The van der Waals surface area contributed by atoms with Gasteiger partial charge in [0, 0.05) is 32.1 Å². The molecule has 2 rings (SSSR count). The maximum Gasteiger partial charge on any atom is 0.222 e. The Morgan fingerprint density at radius 1 is 1.36 bits per heavy atom. The average Bonchev–Trinajstić information content (AvgIpc) is 2.50. The molecule has 4 nitrogen and oxygen atoms in total. The fraction of sp³-hybridized carbons (Fsp3) is 0.611. The molecule has 1 aromatic carbocycles. The second-order valence-electron chi connectivity index (χ2n) is 6.21. The summed E-state index contributed by atoms with van der Waals surface area (Å²) in [5.74, 6) is 1.24. The highest BCUT2D eigenvalue weighted by Gasteiger charge is 2.22. The molecule has 1 aliphatic heterocycles. The molecule has 0 aromatic heterocycles. The maximum atomic E-state index is 12.2. The van der Waals surface area contributed by atoms with Crippen molar-refractivity contribution < 1.29 is 9.53 Å². The Morgan fingerprint density at radius 2 is 2.18 bits per heavy atom. The van der Waals surface area contributed by atoms with Crippen LogP contribution in [-0.4, -0.2) is 43.1 Å². The van der Waals surface area contributed by atoms with Crippen LogP contribution in [-0.2, 0) is 4.79 Å². The minimum Gasteiger partial charge on any atom is -0.493 e. The SMILES string of the molecule is Cc1ccc(C)c(OCCCCC(=O)N2CCNCC2C)c1. The summed E-state index contributed by atoms with van der Waals surface area (Å²) < 4.78 is 5.83. The number of nitrogens with zero attached hydrogens (tertiary/aromatic N) is 1. The van der Waals surface area contributed by atoms with Gasteiger partial charge in [0.15, 0.2) is 0 Å². The van der Waals surface area contributed by atoms with E-state index in [4.69, 9.17) is 4.74 Å². The van der Waals surface area contributed by atoms with E-state index >= 15 is 0 Å². The molecule has 0 radical (unpaired) electrons. The van der Waals surface area contributed by atoms with E-state index in [1.54, 1.807) is 0 Å². The number of ether oxygens (including phenoxy) is 1. The van der Waals surface area contributed by atoms with E-state index in [0.29, 0.717) is 19.1 Å². The van der Waals surface area contributed by atoms with Crippen molar-refractivity contribution in [2.45, 2.75) is 46.1 Å². The molecule has 0 aliphatic carbocycles. The predicted molar refractivity (Wildman–Crippen MR) is 89.3 cm³/mol. The number of nitrogens with one attached hydrogen (secondary N) is 1. The highest BCUT2D eigenvalue weighted by molar-refractivity contribution is 5.76.